The molecule has 2 N–H and O–H groups in total. The summed E-state index contributed by atoms with van der Waals surface area (Å²) in [6.45, 7) is 0. The van der Waals surface area contributed by atoms with Crippen molar-refractivity contribution in [2.45, 2.75) is 6.42 Å². The molecular weight excluding hydrogens is 378 g/mol. The molecule has 0 spiro atoms. The summed E-state index contributed by atoms with van der Waals surface area (Å²) < 4.78 is 0. The molecule has 0 radical (unpaired) electrons. The van der Waals surface area contributed by atoms with E-state index in [0.29, 0.717) is 27.7 Å². The fraction of sp³-hybridized carbons (Fsp3) is 0.0500. The van der Waals surface area contributed by atoms with Crippen LogP contribution in [-0.2, 0) is 4.79 Å². The van der Waals surface area contributed by atoms with E-state index in [1.807, 2.05) is 6.07 Å². The van der Waals surface area contributed by atoms with Gasteiger partial charge in [0.25, 0.3) is 0 Å². The van der Waals surface area contributed by atoms with Crippen molar-refractivity contribution >= 4 is 41.0 Å². The molecule has 0 bridgehead atoms. The maximum absolute atomic E-state index is 12.0. The number of Topliss-reactive ketones (excluding diaryl/α,β-unsaturated/α-hetero) is 1. The monoisotopic (exact) mass is 393 g/mol. The average molecular weight is 394 g/mol. The molecule has 0 aliphatic heterocycles. The molecule has 2 amide bonds. The van der Waals surface area contributed by atoms with E-state index in [-0.39, 0.29) is 12.2 Å². The third kappa shape index (κ3) is 5.46. The van der Waals surface area contributed by atoms with E-state index in [2.05, 4.69) is 26.1 Å². The molecular formula is C20H16ClN5O2. The van der Waals surface area contributed by atoms with Gasteiger partial charge in [0.15, 0.2) is 5.78 Å². The summed E-state index contributed by atoms with van der Waals surface area (Å²) in [4.78, 5) is 23.8. The second-order valence-electron chi connectivity index (χ2n) is 5.70. The highest BCUT2D eigenvalue weighted by Gasteiger charge is 2.13. The summed E-state index contributed by atoms with van der Waals surface area (Å²) in [6, 6.07) is 15.5. The Bertz CT molecular complexity index is 997. The Morgan fingerprint density at radius 2 is 1.79 bits per heavy atom. The third-order valence-electron chi connectivity index (χ3n) is 3.65. The molecule has 7 nitrogen and oxygen atoms in total. The van der Waals surface area contributed by atoms with Crippen LogP contribution >= 0.6 is 11.6 Å². The number of carbonyl (C=O) groups excluding carboxylic acids is 2. The Labute approximate surface area is 166 Å². The zero-order valence-corrected chi connectivity index (χ0v) is 15.4. The summed E-state index contributed by atoms with van der Waals surface area (Å²) in [5.74, 6) is -0.134. The summed E-state index contributed by atoms with van der Waals surface area (Å²) in [5.41, 5.74) is 4.30. The molecule has 2 aromatic carbocycles. The fourth-order valence-corrected chi connectivity index (χ4v) is 2.45. The number of urea groups is 1. The van der Waals surface area contributed by atoms with Crippen LogP contribution in [0.1, 0.15) is 6.42 Å². The Morgan fingerprint density at radius 3 is 2.57 bits per heavy atom. The van der Waals surface area contributed by atoms with Gasteiger partial charge in [-0.2, -0.15) is 10.2 Å². The number of azo groups is 1. The number of rotatable bonds is 5. The second-order valence-corrected chi connectivity index (χ2v) is 6.10. The van der Waals surface area contributed by atoms with Crippen LogP contribution in [0.3, 0.4) is 0 Å². The number of nitrogens with zero attached hydrogens (tertiary/aromatic N) is 3. The number of hydrogen-bond acceptors (Lipinski definition) is 5. The minimum absolute atomic E-state index is 0.134. The van der Waals surface area contributed by atoms with Gasteiger partial charge in [0.05, 0.1) is 16.9 Å². The standard InChI is InChI=1S/C20H16ClN5O2/c21-17-8-4-5-9-18(17)25-24-16-10-11-19(27)14(12-16)13-22-26-20(28)23-15-6-2-1-3-7-15/h1-10,12-13H,11H2,(H2,23,26,28). The highest BCUT2D eigenvalue weighted by atomic mass is 35.5. The quantitative estimate of drug-likeness (QED) is 0.424. The molecule has 0 aromatic heterocycles. The van der Waals surface area contributed by atoms with Crippen LogP contribution in [0.5, 0.6) is 0 Å². The first-order valence-electron chi connectivity index (χ1n) is 8.38. The summed E-state index contributed by atoms with van der Waals surface area (Å²) in [5, 5.41) is 15.1. The molecule has 3 rings (SSSR count). The van der Waals surface area contributed by atoms with Crippen molar-refractivity contribution in [3.63, 3.8) is 0 Å². The lowest BCUT2D eigenvalue weighted by molar-refractivity contribution is -0.114. The maximum atomic E-state index is 12.0. The van der Waals surface area contributed by atoms with Gasteiger partial charge in [-0.3, -0.25) is 4.79 Å². The van der Waals surface area contributed by atoms with Crippen LogP contribution in [0.2, 0.25) is 5.02 Å². The lowest BCUT2D eigenvalue weighted by Crippen LogP contribution is -2.24. The molecule has 0 saturated heterocycles. The largest absolute Gasteiger partial charge is 0.339 e. The van der Waals surface area contributed by atoms with E-state index in [4.69, 9.17) is 11.6 Å². The van der Waals surface area contributed by atoms with Crippen molar-refractivity contribution in [1.29, 1.82) is 0 Å². The maximum Gasteiger partial charge on any atom is 0.339 e. The van der Waals surface area contributed by atoms with Gasteiger partial charge in [0.1, 0.15) is 5.69 Å². The lowest BCUT2D eigenvalue weighted by Gasteiger charge is -2.06. The van der Waals surface area contributed by atoms with Crippen molar-refractivity contribution in [2.75, 3.05) is 5.32 Å². The molecule has 28 heavy (non-hydrogen) atoms. The molecule has 140 valence electrons. The molecule has 2 aromatic rings. The predicted octanol–water partition coefficient (Wildman–Crippen LogP) is 5.01. The van der Waals surface area contributed by atoms with Gasteiger partial charge >= 0.3 is 6.03 Å². The number of hydrogen-bond donors (Lipinski definition) is 2. The van der Waals surface area contributed by atoms with Crippen molar-refractivity contribution < 1.29 is 9.59 Å². The topological polar surface area (TPSA) is 95.3 Å². The number of allylic oxidation sites excluding steroid dienone is 3. The zero-order chi connectivity index (χ0) is 19.8. The Balaban J connectivity index is 1.61. The molecule has 1 aliphatic rings. The fourth-order valence-electron chi connectivity index (χ4n) is 2.28. The highest BCUT2D eigenvalue weighted by Crippen LogP contribution is 2.25. The van der Waals surface area contributed by atoms with Crippen LogP contribution in [0, 0.1) is 0 Å². The molecule has 0 atom stereocenters. The SMILES string of the molecule is O=C(NN=CC1=CC(N=Nc2ccccc2Cl)=CCC1=O)Nc1ccccc1. The first-order chi connectivity index (χ1) is 13.6. The van der Waals surface area contributed by atoms with Gasteiger partial charge in [-0.15, -0.1) is 5.11 Å². The number of para-hydroxylation sites is 1. The number of ketones is 1. The molecule has 0 unspecified atom stereocenters. The van der Waals surface area contributed by atoms with Gasteiger partial charge in [0.2, 0.25) is 0 Å². The number of amides is 2. The van der Waals surface area contributed by atoms with Gasteiger partial charge in [-0.25, -0.2) is 10.2 Å². The van der Waals surface area contributed by atoms with Crippen molar-refractivity contribution in [3.05, 3.63) is 83.0 Å². The van der Waals surface area contributed by atoms with E-state index in [9.17, 15) is 9.59 Å². The van der Waals surface area contributed by atoms with Gasteiger partial charge in [0, 0.05) is 17.7 Å². The average Bonchev–Trinajstić information content (AvgIpc) is 2.70. The summed E-state index contributed by atoms with van der Waals surface area (Å²) in [7, 11) is 0. The lowest BCUT2D eigenvalue weighted by atomic mass is 10.0. The van der Waals surface area contributed by atoms with Crippen LogP contribution < -0.4 is 10.7 Å². The molecule has 0 saturated carbocycles. The van der Waals surface area contributed by atoms with Crippen LogP contribution in [0.25, 0.3) is 0 Å². The normalized spacial score (nSPS) is 14.1. The van der Waals surface area contributed by atoms with Gasteiger partial charge in [-0.05, 0) is 36.4 Å². The highest BCUT2D eigenvalue weighted by molar-refractivity contribution is 6.32. The number of nitrogens with one attached hydrogen (secondary N) is 2. The number of halogens is 1. The van der Waals surface area contributed by atoms with E-state index in [1.165, 1.54) is 6.21 Å². The predicted molar refractivity (Wildman–Crippen MR) is 109 cm³/mol. The molecule has 0 heterocycles. The van der Waals surface area contributed by atoms with E-state index >= 15 is 0 Å². The Hall–Kier alpha value is -3.58. The number of carbonyl (C=O) groups is 2. The number of hydrazone groups is 1. The van der Waals surface area contributed by atoms with Crippen molar-refractivity contribution in [1.82, 2.24) is 5.43 Å². The third-order valence-corrected chi connectivity index (χ3v) is 3.97. The second kappa shape index (κ2) is 9.38. The summed E-state index contributed by atoms with van der Waals surface area (Å²) >= 11 is 6.04. The van der Waals surface area contributed by atoms with Gasteiger partial charge < -0.3 is 5.32 Å². The van der Waals surface area contributed by atoms with Gasteiger partial charge in [-0.1, -0.05) is 41.9 Å². The first-order valence-corrected chi connectivity index (χ1v) is 8.76. The molecule has 1 aliphatic carbocycles. The molecule has 0 fully saturated rings. The Kier molecular flexibility index (Phi) is 6.43. The van der Waals surface area contributed by atoms with E-state index in [0.717, 1.165) is 0 Å². The zero-order valence-electron chi connectivity index (χ0n) is 14.7. The van der Waals surface area contributed by atoms with E-state index in [1.54, 1.807) is 60.7 Å². The van der Waals surface area contributed by atoms with Crippen LogP contribution in [0.15, 0.2) is 93.3 Å². The minimum Gasteiger partial charge on any atom is -0.307 e. The van der Waals surface area contributed by atoms with Crippen LogP contribution in [0.4, 0.5) is 16.2 Å². The number of anilines is 1. The summed E-state index contributed by atoms with van der Waals surface area (Å²) in [6.07, 6.45) is 4.66. The smallest absolute Gasteiger partial charge is 0.307 e. The first kappa shape index (κ1) is 19.2. The van der Waals surface area contributed by atoms with Crippen LogP contribution in [-0.4, -0.2) is 18.0 Å². The molecule has 8 heteroatoms. The van der Waals surface area contributed by atoms with E-state index < -0.39 is 6.03 Å². The number of benzene rings is 2. The van der Waals surface area contributed by atoms with Crippen molar-refractivity contribution in [2.24, 2.45) is 15.3 Å². The van der Waals surface area contributed by atoms with Crippen molar-refractivity contribution in [3.8, 4) is 0 Å². The Morgan fingerprint density at radius 1 is 1.04 bits per heavy atom. The minimum atomic E-state index is -0.513.